The van der Waals surface area contributed by atoms with Crippen LogP contribution in [0.25, 0.3) is 0 Å². The second-order valence-electron chi connectivity index (χ2n) is 18.5. The largest absolute Gasteiger partial charge is 0.460 e. The normalized spacial score (nSPS) is 39.4. The highest BCUT2D eigenvalue weighted by Crippen LogP contribution is 2.76. The SMILES string of the molecule is CC1(C)CC[C@]2(C(=O)OCc3ccccc3)CC[C@]3(C)C(=CC[C@@H]4[C@@]5(C)CC[C@H](OC(=O)Cn6ccnc6)C(C)(C)[C@@H]5CC[C@]43C)[C@@H]2C1. The van der Waals surface area contributed by atoms with Gasteiger partial charge in [-0.05, 0) is 109 Å². The zero-order valence-electron chi connectivity index (χ0n) is 30.5. The predicted octanol–water partition coefficient (Wildman–Crippen LogP) is 9.34. The first-order chi connectivity index (χ1) is 22.6. The summed E-state index contributed by atoms with van der Waals surface area (Å²) in [4.78, 5) is 31.4. The van der Waals surface area contributed by atoms with Gasteiger partial charge in [0.1, 0.15) is 19.3 Å². The van der Waals surface area contributed by atoms with Crippen molar-refractivity contribution in [3.8, 4) is 0 Å². The zero-order valence-corrected chi connectivity index (χ0v) is 30.5. The molecule has 0 amide bonds. The third kappa shape index (κ3) is 5.13. The Morgan fingerprint density at radius 2 is 1.65 bits per heavy atom. The fourth-order valence-electron chi connectivity index (χ4n) is 12.4. The highest BCUT2D eigenvalue weighted by molar-refractivity contribution is 5.79. The predicted molar refractivity (Wildman–Crippen MR) is 187 cm³/mol. The molecular weight excluding hydrogens is 596 g/mol. The maximum atomic E-state index is 14.3. The average Bonchev–Trinajstić information content (AvgIpc) is 3.55. The summed E-state index contributed by atoms with van der Waals surface area (Å²) < 4.78 is 14.3. The Labute approximate surface area is 288 Å². The van der Waals surface area contributed by atoms with Crippen molar-refractivity contribution in [1.82, 2.24) is 9.55 Å². The lowest BCUT2D eigenvalue weighted by Gasteiger charge is -2.71. The molecule has 0 spiro atoms. The number of ether oxygens (including phenoxy) is 2. The zero-order chi connectivity index (χ0) is 34.2. The van der Waals surface area contributed by atoms with Crippen LogP contribution in [0.4, 0.5) is 0 Å². The fraction of sp³-hybridized carbons (Fsp3) is 0.690. The Hall–Kier alpha value is -2.89. The summed E-state index contributed by atoms with van der Waals surface area (Å²) in [5.41, 5.74) is 2.63. The molecule has 1 aromatic carbocycles. The minimum absolute atomic E-state index is 0.0282. The molecule has 0 aliphatic heterocycles. The van der Waals surface area contributed by atoms with Crippen molar-refractivity contribution in [2.45, 2.75) is 132 Å². The molecule has 0 bridgehead atoms. The Kier molecular flexibility index (Phi) is 8.11. The summed E-state index contributed by atoms with van der Waals surface area (Å²) in [5, 5.41) is 0. The summed E-state index contributed by atoms with van der Waals surface area (Å²) in [7, 11) is 0. The number of hydrogen-bond donors (Lipinski definition) is 0. The van der Waals surface area contributed by atoms with Gasteiger partial charge in [0, 0.05) is 17.8 Å². The van der Waals surface area contributed by atoms with Crippen molar-refractivity contribution < 1.29 is 19.1 Å². The summed E-state index contributed by atoms with van der Waals surface area (Å²) >= 11 is 0. The lowest BCUT2D eigenvalue weighted by molar-refractivity contribution is -0.214. The molecule has 7 rings (SSSR count). The van der Waals surface area contributed by atoms with E-state index in [4.69, 9.17) is 9.47 Å². The topological polar surface area (TPSA) is 70.4 Å². The van der Waals surface area contributed by atoms with Gasteiger partial charge in [-0.25, -0.2) is 4.98 Å². The molecule has 6 heteroatoms. The van der Waals surface area contributed by atoms with Crippen molar-refractivity contribution >= 4 is 11.9 Å². The quantitative estimate of drug-likeness (QED) is 0.229. The number of rotatable bonds is 6. The number of esters is 2. The monoisotopic (exact) mass is 654 g/mol. The number of carbonyl (C=O) groups excluding carboxylic acids is 2. The van der Waals surface area contributed by atoms with Crippen molar-refractivity contribution in [3.63, 3.8) is 0 Å². The molecule has 5 aliphatic carbocycles. The van der Waals surface area contributed by atoms with Crippen LogP contribution < -0.4 is 0 Å². The van der Waals surface area contributed by atoms with Crippen molar-refractivity contribution in [1.29, 1.82) is 0 Å². The average molecular weight is 655 g/mol. The van der Waals surface area contributed by atoms with Crippen LogP contribution in [0, 0.1) is 50.2 Å². The smallest absolute Gasteiger partial charge is 0.326 e. The molecule has 1 heterocycles. The van der Waals surface area contributed by atoms with Gasteiger partial charge in [-0.2, -0.15) is 0 Å². The molecule has 6 nitrogen and oxygen atoms in total. The van der Waals surface area contributed by atoms with E-state index in [-0.39, 0.29) is 57.6 Å². The lowest BCUT2D eigenvalue weighted by atomic mass is 9.33. The minimum Gasteiger partial charge on any atom is -0.460 e. The van der Waals surface area contributed by atoms with E-state index in [0.717, 1.165) is 63.4 Å². The first-order valence-electron chi connectivity index (χ1n) is 18.7. The van der Waals surface area contributed by atoms with Gasteiger partial charge in [-0.1, -0.05) is 90.4 Å². The number of carbonyl (C=O) groups is 2. The molecule has 8 atom stereocenters. The molecule has 0 saturated heterocycles. The Morgan fingerprint density at radius 3 is 2.38 bits per heavy atom. The maximum absolute atomic E-state index is 14.3. The summed E-state index contributed by atoms with van der Waals surface area (Å²) in [6, 6.07) is 10.1. The van der Waals surface area contributed by atoms with E-state index in [1.807, 2.05) is 36.5 Å². The number of benzene rings is 1. The van der Waals surface area contributed by atoms with Crippen molar-refractivity contribution in [2.75, 3.05) is 0 Å². The van der Waals surface area contributed by atoms with Crippen LogP contribution in [-0.4, -0.2) is 27.6 Å². The van der Waals surface area contributed by atoms with Gasteiger partial charge in [0.25, 0.3) is 0 Å². The van der Waals surface area contributed by atoms with Crippen LogP contribution in [-0.2, 0) is 32.2 Å². The molecule has 48 heavy (non-hydrogen) atoms. The fourth-order valence-corrected chi connectivity index (χ4v) is 12.4. The van der Waals surface area contributed by atoms with Gasteiger partial charge >= 0.3 is 11.9 Å². The molecule has 260 valence electrons. The van der Waals surface area contributed by atoms with E-state index in [1.54, 1.807) is 22.7 Å². The van der Waals surface area contributed by atoms with Gasteiger partial charge < -0.3 is 14.0 Å². The van der Waals surface area contributed by atoms with Crippen molar-refractivity contribution in [2.24, 2.45) is 50.2 Å². The molecule has 4 saturated carbocycles. The van der Waals surface area contributed by atoms with Crippen LogP contribution in [0.2, 0.25) is 0 Å². The van der Waals surface area contributed by atoms with Gasteiger partial charge in [-0.15, -0.1) is 0 Å². The number of aromatic nitrogens is 2. The second-order valence-corrected chi connectivity index (χ2v) is 18.5. The summed E-state index contributed by atoms with van der Waals surface area (Å²) in [6.45, 7) is 17.9. The molecule has 1 aromatic heterocycles. The van der Waals surface area contributed by atoms with E-state index in [2.05, 4.69) is 59.5 Å². The Bertz CT molecular complexity index is 1560. The number of allylic oxidation sites excluding steroid dienone is 2. The van der Waals surface area contributed by atoms with Crippen LogP contribution in [0.1, 0.15) is 118 Å². The summed E-state index contributed by atoms with van der Waals surface area (Å²) in [6.07, 6.45) is 18.1. The third-order valence-electron chi connectivity index (χ3n) is 15.3. The molecule has 0 unspecified atom stereocenters. The van der Waals surface area contributed by atoms with E-state index in [0.29, 0.717) is 18.4 Å². The maximum Gasteiger partial charge on any atom is 0.326 e. The highest BCUT2D eigenvalue weighted by Gasteiger charge is 2.69. The molecular formula is C42H58N2O4. The number of hydrogen-bond acceptors (Lipinski definition) is 5. The second kappa shape index (κ2) is 11.6. The van der Waals surface area contributed by atoms with Gasteiger partial charge in [-0.3, -0.25) is 9.59 Å². The van der Waals surface area contributed by atoms with Gasteiger partial charge in [0.15, 0.2) is 0 Å². The van der Waals surface area contributed by atoms with Crippen LogP contribution in [0.3, 0.4) is 0 Å². The van der Waals surface area contributed by atoms with Crippen molar-refractivity contribution in [3.05, 3.63) is 66.3 Å². The summed E-state index contributed by atoms with van der Waals surface area (Å²) in [5.74, 6) is 1.12. The molecule has 0 radical (unpaired) electrons. The first kappa shape index (κ1) is 33.6. The van der Waals surface area contributed by atoms with Crippen LogP contribution in [0.5, 0.6) is 0 Å². The minimum atomic E-state index is -0.430. The van der Waals surface area contributed by atoms with Crippen LogP contribution >= 0.6 is 0 Å². The molecule has 4 fully saturated rings. The van der Waals surface area contributed by atoms with E-state index in [1.165, 1.54) is 6.42 Å². The van der Waals surface area contributed by atoms with E-state index >= 15 is 0 Å². The standard InChI is InChI=1S/C42H58N2O4/c1-37(2)19-21-42(36(46)47-27-29-11-9-8-10-12-29)22-20-40(6)30(31(42)25-37)13-14-33-39(5)17-16-34(48-35(45)26-44-24-23-43-28-44)38(3,4)32(39)15-18-41(33,40)7/h8-13,23-24,28,31-34H,14-22,25-27H2,1-7H3/t31-,32-,33+,34-,39-,40+,41+,42-/m0/s1. The number of fused-ring (bicyclic) bond motifs is 7. The highest BCUT2D eigenvalue weighted by atomic mass is 16.5. The number of nitrogens with zero attached hydrogens (tertiary/aromatic N) is 2. The van der Waals surface area contributed by atoms with Crippen LogP contribution in [0.15, 0.2) is 60.7 Å². The first-order valence-corrected chi connectivity index (χ1v) is 18.7. The molecule has 5 aliphatic rings. The van der Waals surface area contributed by atoms with E-state index < -0.39 is 5.41 Å². The molecule has 2 aromatic rings. The Balaban J connectivity index is 1.16. The number of imidazole rings is 1. The van der Waals surface area contributed by atoms with Gasteiger partial charge in [0.2, 0.25) is 0 Å². The van der Waals surface area contributed by atoms with E-state index in [9.17, 15) is 9.59 Å². The molecule has 0 N–H and O–H groups in total. The van der Waals surface area contributed by atoms with Gasteiger partial charge in [0.05, 0.1) is 11.7 Å². The Morgan fingerprint density at radius 1 is 0.896 bits per heavy atom. The third-order valence-corrected chi connectivity index (χ3v) is 15.3. The lowest BCUT2D eigenvalue weighted by Crippen LogP contribution is -2.65.